The summed E-state index contributed by atoms with van der Waals surface area (Å²) in [6.07, 6.45) is 0. The second-order valence-electron chi connectivity index (χ2n) is 3.27. The van der Waals surface area contributed by atoms with Crippen LogP contribution in [0, 0.1) is 5.82 Å². The maximum atomic E-state index is 13.1. The van der Waals surface area contributed by atoms with Crippen molar-refractivity contribution < 1.29 is 19.2 Å². The first-order chi connectivity index (χ1) is 7.65. The summed E-state index contributed by atoms with van der Waals surface area (Å²) < 4.78 is 18.0. The second-order valence-corrected chi connectivity index (χ2v) is 4.38. The van der Waals surface area contributed by atoms with Gasteiger partial charge in [-0.15, -0.1) is 0 Å². The Hall–Kier alpha value is -0.555. The summed E-state index contributed by atoms with van der Waals surface area (Å²) in [4.78, 5) is 0. The lowest BCUT2D eigenvalue weighted by atomic mass is 9.79. The first-order valence-electron chi connectivity index (χ1n) is 4.86. The van der Waals surface area contributed by atoms with E-state index >= 15 is 0 Å². The van der Waals surface area contributed by atoms with Crippen molar-refractivity contribution in [3.63, 3.8) is 0 Å². The van der Waals surface area contributed by atoms with Crippen molar-refractivity contribution in [2.75, 3.05) is 19.5 Å². The molecule has 0 unspecified atom stereocenters. The highest BCUT2D eigenvalue weighted by atomic mass is 32.2. The molecule has 6 heteroatoms. The molecule has 0 saturated heterocycles. The number of hydrogen-bond donors (Lipinski definition) is 2. The van der Waals surface area contributed by atoms with Crippen LogP contribution in [0.1, 0.15) is 5.56 Å². The molecule has 1 aromatic rings. The standard InChI is InChI=1S/C10H14BFO3S/c1-15-4-5-16-7-8-2-3-10(12)9(6-8)11(13)14/h2-3,6,13-14H,4-5,7H2,1H3. The number of halogens is 1. The van der Waals surface area contributed by atoms with Crippen molar-refractivity contribution in [3.8, 4) is 0 Å². The maximum absolute atomic E-state index is 13.1. The average Bonchev–Trinajstić information content (AvgIpc) is 2.26. The normalized spacial score (nSPS) is 10.5. The number of methoxy groups -OCH3 is 1. The molecule has 3 nitrogen and oxygen atoms in total. The van der Waals surface area contributed by atoms with E-state index in [1.54, 1.807) is 24.9 Å². The van der Waals surface area contributed by atoms with Crippen molar-refractivity contribution in [3.05, 3.63) is 29.6 Å². The topological polar surface area (TPSA) is 49.7 Å². The van der Waals surface area contributed by atoms with Crippen LogP contribution in [0.25, 0.3) is 0 Å². The highest BCUT2D eigenvalue weighted by molar-refractivity contribution is 7.98. The van der Waals surface area contributed by atoms with Crippen molar-refractivity contribution in [2.45, 2.75) is 5.75 Å². The lowest BCUT2D eigenvalue weighted by Crippen LogP contribution is -2.33. The lowest BCUT2D eigenvalue weighted by Gasteiger charge is -2.06. The summed E-state index contributed by atoms with van der Waals surface area (Å²) in [6.45, 7) is 0.668. The van der Waals surface area contributed by atoms with Crippen molar-refractivity contribution >= 4 is 24.3 Å². The molecule has 0 amide bonds. The van der Waals surface area contributed by atoms with E-state index in [4.69, 9.17) is 14.8 Å². The van der Waals surface area contributed by atoms with Crippen molar-refractivity contribution in [1.82, 2.24) is 0 Å². The first-order valence-corrected chi connectivity index (χ1v) is 6.01. The summed E-state index contributed by atoms with van der Waals surface area (Å²) in [7, 11) is -0.123. The van der Waals surface area contributed by atoms with Crippen LogP contribution in [0.3, 0.4) is 0 Å². The van der Waals surface area contributed by atoms with E-state index in [-0.39, 0.29) is 5.46 Å². The number of benzene rings is 1. The third-order valence-corrected chi connectivity index (χ3v) is 3.03. The first kappa shape index (κ1) is 13.5. The predicted molar refractivity (Wildman–Crippen MR) is 64.3 cm³/mol. The monoisotopic (exact) mass is 244 g/mol. The smallest absolute Gasteiger partial charge is 0.423 e. The van der Waals surface area contributed by atoms with Crippen LogP contribution in [0.5, 0.6) is 0 Å². The number of ether oxygens (including phenoxy) is 1. The minimum absolute atomic E-state index is 0.0789. The number of thioether (sulfide) groups is 1. The zero-order valence-corrected chi connectivity index (χ0v) is 9.84. The molecule has 0 aliphatic heterocycles. The van der Waals surface area contributed by atoms with E-state index in [1.807, 2.05) is 0 Å². The van der Waals surface area contributed by atoms with E-state index < -0.39 is 12.9 Å². The number of hydrogen-bond acceptors (Lipinski definition) is 4. The van der Waals surface area contributed by atoms with Gasteiger partial charge < -0.3 is 14.8 Å². The Morgan fingerprint density at radius 2 is 2.19 bits per heavy atom. The fourth-order valence-corrected chi connectivity index (χ4v) is 2.06. The molecule has 0 heterocycles. The van der Waals surface area contributed by atoms with Crippen LogP contribution in [-0.4, -0.2) is 36.6 Å². The molecule has 0 fully saturated rings. The van der Waals surface area contributed by atoms with Gasteiger partial charge in [-0.05, 0) is 11.6 Å². The van der Waals surface area contributed by atoms with Gasteiger partial charge >= 0.3 is 7.12 Å². The molecule has 0 bridgehead atoms. The fraction of sp³-hybridized carbons (Fsp3) is 0.400. The highest BCUT2D eigenvalue weighted by Gasteiger charge is 2.16. The van der Waals surface area contributed by atoms with Gasteiger partial charge in [0.1, 0.15) is 5.82 Å². The van der Waals surface area contributed by atoms with Gasteiger partial charge in [-0.2, -0.15) is 11.8 Å². The van der Waals surface area contributed by atoms with Crippen LogP contribution < -0.4 is 5.46 Å². The van der Waals surface area contributed by atoms with Gasteiger partial charge in [0, 0.05) is 24.1 Å². The molecule has 0 atom stereocenters. The SMILES string of the molecule is COCCSCc1ccc(F)c(B(O)O)c1. The average molecular weight is 244 g/mol. The van der Waals surface area contributed by atoms with Crippen LogP contribution >= 0.6 is 11.8 Å². The molecule has 0 saturated carbocycles. The highest BCUT2D eigenvalue weighted by Crippen LogP contribution is 2.11. The Bertz CT molecular complexity index is 336. The Labute approximate surface area is 98.8 Å². The summed E-state index contributed by atoms with van der Waals surface area (Å²) in [5, 5.41) is 17.9. The largest absolute Gasteiger partial charge is 0.491 e. The van der Waals surface area contributed by atoms with Gasteiger partial charge in [0.05, 0.1) is 6.61 Å². The Kier molecular flexibility index (Phi) is 5.83. The molecule has 0 aromatic heterocycles. The fourth-order valence-electron chi connectivity index (χ4n) is 1.21. The molecule has 2 N–H and O–H groups in total. The molecule has 16 heavy (non-hydrogen) atoms. The summed E-state index contributed by atoms with van der Waals surface area (Å²) >= 11 is 1.65. The van der Waals surface area contributed by atoms with Gasteiger partial charge in [-0.25, -0.2) is 4.39 Å². The Morgan fingerprint density at radius 1 is 1.44 bits per heavy atom. The lowest BCUT2D eigenvalue weighted by molar-refractivity contribution is 0.218. The van der Waals surface area contributed by atoms with Gasteiger partial charge in [0.2, 0.25) is 0 Å². The van der Waals surface area contributed by atoms with E-state index in [1.165, 1.54) is 12.1 Å². The molecule has 88 valence electrons. The molecule has 0 spiro atoms. The predicted octanol–water partition coefficient (Wildman–Crippen LogP) is 0.385. The van der Waals surface area contributed by atoms with Crippen molar-refractivity contribution in [2.24, 2.45) is 0 Å². The number of rotatable bonds is 6. The van der Waals surface area contributed by atoms with E-state index in [0.717, 1.165) is 11.3 Å². The zero-order chi connectivity index (χ0) is 12.0. The zero-order valence-electron chi connectivity index (χ0n) is 9.02. The summed E-state index contributed by atoms with van der Waals surface area (Å²) in [5.41, 5.74) is 0.787. The Morgan fingerprint density at radius 3 is 2.81 bits per heavy atom. The third-order valence-electron chi connectivity index (χ3n) is 2.04. The minimum Gasteiger partial charge on any atom is -0.423 e. The molecule has 1 rings (SSSR count). The molecule has 1 aromatic carbocycles. The molecular formula is C10H14BFO3S. The van der Waals surface area contributed by atoms with E-state index in [9.17, 15) is 4.39 Å². The van der Waals surface area contributed by atoms with Crippen LogP contribution in [0.2, 0.25) is 0 Å². The quantitative estimate of drug-likeness (QED) is 0.561. The van der Waals surface area contributed by atoms with Gasteiger partial charge in [-0.1, -0.05) is 12.1 Å². The van der Waals surface area contributed by atoms with Crippen molar-refractivity contribution in [1.29, 1.82) is 0 Å². The van der Waals surface area contributed by atoms with Crippen LogP contribution in [0.4, 0.5) is 4.39 Å². The second kappa shape index (κ2) is 6.91. The van der Waals surface area contributed by atoms with Gasteiger partial charge in [-0.3, -0.25) is 0 Å². The Balaban J connectivity index is 2.57. The maximum Gasteiger partial charge on any atom is 0.491 e. The van der Waals surface area contributed by atoms with Gasteiger partial charge in [0.15, 0.2) is 0 Å². The summed E-state index contributed by atoms with van der Waals surface area (Å²) in [5.74, 6) is 0.953. The van der Waals surface area contributed by atoms with Crippen LogP contribution in [-0.2, 0) is 10.5 Å². The van der Waals surface area contributed by atoms with Gasteiger partial charge in [0.25, 0.3) is 0 Å². The molecule has 0 radical (unpaired) electrons. The van der Waals surface area contributed by atoms with E-state index in [0.29, 0.717) is 12.4 Å². The summed E-state index contributed by atoms with van der Waals surface area (Å²) in [6, 6.07) is 4.36. The third kappa shape index (κ3) is 4.13. The van der Waals surface area contributed by atoms with E-state index in [2.05, 4.69) is 0 Å². The minimum atomic E-state index is -1.76. The molecule has 0 aliphatic carbocycles. The molecule has 0 aliphatic rings. The molecular weight excluding hydrogens is 230 g/mol. The van der Waals surface area contributed by atoms with Crippen LogP contribution in [0.15, 0.2) is 18.2 Å².